The van der Waals surface area contributed by atoms with Gasteiger partial charge in [-0.1, -0.05) is 29.4 Å². The van der Waals surface area contributed by atoms with Gasteiger partial charge >= 0.3 is 5.82 Å². The van der Waals surface area contributed by atoms with Crippen molar-refractivity contribution in [1.29, 1.82) is 0 Å². The van der Waals surface area contributed by atoms with E-state index in [1.54, 1.807) is 10.9 Å². The average molecular weight is 387 g/mol. The summed E-state index contributed by atoms with van der Waals surface area (Å²) >= 11 is 0. The van der Waals surface area contributed by atoms with E-state index >= 15 is 0 Å². The molecule has 4 aromatic heterocycles. The molecule has 0 saturated heterocycles. The van der Waals surface area contributed by atoms with Crippen LogP contribution in [0.25, 0.3) is 49.8 Å². The molecule has 140 valence electrons. The van der Waals surface area contributed by atoms with Crippen LogP contribution in [0.4, 0.5) is 0 Å². The van der Waals surface area contributed by atoms with Crippen LogP contribution in [0.3, 0.4) is 0 Å². The first kappa shape index (κ1) is 16.6. The molecule has 2 aromatic carbocycles. The van der Waals surface area contributed by atoms with Crippen molar-refractivity contribution in [2.45, 2.75) is 0 Å². The summed E-state index contributed by atoms with van der Waals surface area (Å²) in [7, 11) is 0. The van der Waals surface area contributed by atoms with Crippen molar-refractivity contribution in [3.8, 4) is 17.1 Å². The lowest BCUT2D eigenvalue weighted by Gasteiger charge is -2.05. The maximum atomic E-state index is 4.76. The van der Waals surface area contributed by atoms with Gasteiger partial charge in [-0.05, 0) is 35.3 Å². The standard InChI is InChI=1S/C24H15N6/c1-2-6-21-20(5-1)26-14-23(29-21)16-7-8-17-13-28-30(15-19(17)10-16)24-11-22-18(12-27-24)4-3-9-25-22/h1-15H/q+1. The third-order valence-corrected chi connectivity index (χ3v) is 5.12. The van der Waals surface area contributed by atoms with Crippen LogP contribution in [-0.4, -0.2) is 25.0 Å². The van der Waals surface area contributed by atoms with Crippen LogP contribution in [0.1, 0.15) is 0 Å². The maximum absolute atomic E-state index is 4.76. The van der Waals surface area contributed by atoms with Gasteiger partial charge in [-0.2, -0.15) is 0 Å². The third-order valence-electron chi connectivity index (χ3n) is 5.12. The second-order valence-corrected chi connectivity index (χ2v) is 7.04. The number of hydrogen-bond donors (Lipinski definition) is 0. The largest absolute Gasteiger partial charge is 0.350 e. The first-order valence-electron chi connectivity index (χ1n) is 9.59. The molecular formula is C24H15N6+. The SMILES string of the molecule is c1cnc2cc(-[n+]3cc4cc(-c5cnc6ccccc6n5)ccc4cn3)ncc2c1. The molecule has 0 aliphatic carbocycles. The zero-order valence-electron chi connectivity index (χ0n) is 15.8. The molecule has 6 rings (SSSR count). The quantitative estimate of drug-likeness (QED) is 0.419. The lowest BCUT2D eigenvalue weighted by atomic mass is 10.1. The molecule has 6 nitrogen and oxygen atoms in total. The van der Waals surface area contributed by atoms with Gasteiger partial charge in [0.05, 0.1) is 40.7 Å². The number of pyridine rings is 2. The second-order valence-electron chi connectivity index (χ2n) is 7.04. The molecule has 4 heterocycles. The Labute approximate surface area is 171 Å². The van der Waals surface area contributed by atoms with Crippen LogP contribution in [0.15, 0.2) is 91.6 Å². The van der Waals surface area contributed by atoms with Crippen molar-refractivity contribution in [2.24, 2.45) is 0 Å². The molecule has 0 atom stereocenters. The minimum Gasteiger partial charge on any atom is -0.256 e. The number of benzene rings is 2. The van der Waals surface area contributed by atoms with Crippen molar-refractivity contribution < 1.29 is 4.68 Å². The Hall–Kier alpha value is -4.32. The molecule has 0 aliphatic rings. The number of rotatable bonds is 2. The zero-order valence-corrected chi connectivity index (χ0v) is 15.8. The molecule has 30 heavy (non-hydrogen) atoms. The predicted octanol–water partition coefficient (Wildman–Crippen LogP) is 4.06. The van der Waals surface area contributed by atoms with Crippen LogP contribution >= 0.6 is 0 Å². The average Bonchev–Trinajstić information content (AvgIpc) is 2.82. The molecular weight excluding hydrogens is 372 g/mol. The summed E-state index contributed by atoms with van der Waals surface area (Å²) in [4.78, 5) is 18.2. The lowest BCUT2D eigenvalue weighted by Crippen LogP contribution is -2.35. The summed E-state index contributed by atoms with van der Waals surface area (Å²) in [5, 5.41) is 7.61. The lowest BCUT2D eigenvalue weighted by molar-refractivity contribution is -0.661. The predicted molar refractivity (Wildman–Crippen MR) is 115 cm³/mol. The minimum absolute atomic E-state index is 0.721. The van der Waals surface area contributed by atoms with Crippen LogP contribution in [0, 0.1) is 0 Å². The van der Waals surface area contributed by atoms with Gasteiger partial charge in [0.2, 0.25) is 0 Å². The molecule has 0 spiro atoms. The zero-order chi connectivity index (χ0) is 19.9. The Morgan fingerprint density at radius 2 is 1.57 bits per heavy atom. The monoisotopic (exact) mass is 387 g/mol. The maximum Gasteiger partial charge on any atom is 0.350 e. The number of nitrogens with zero attached hydrogens (tertiary/aromatic N) is 6. The molecule has 0 amide bonds. The van der Waals surface area contributed by atoms with Gasteiger partial charge in [0.1, 0.15) is 12.4 Å². The summed E-state index contributed by atoms with van der Waals surface area (Å²) in [6.07, 6.45) is 9.23. The summed E-state index contributed by atoms with van der Waals surface area (Å²) in [5.41, 5.74) is 4.50. The minimum atomic E-state index is 0.721. The van der Waals surface area contributed by atoms with Crippen molar-refractivity contribution in [1.82, 2.24) is 25.0 Å². The fourth-order valence-electron chi connectivity index (χ4n) is 3.55. The summed E-state index contributed by atoms with van der Waals surface area (Å²) in [6, 6.07) is 19.9. The van der Waals surface area contributed by atoms with Crippen LogP contribution in [0.2, 0.25) is 0 Å². The van der Waals surface area contributed by atoms with Gasteiger partial charge in [0, 0.05) is 27.9 Å². The van der Waals surface area contributed by atoms with E-state index in [0.717, 1.165) is 49.8 Å². The van der Waals surface area contributed by atoms with E-state index in [1.165, 1.54) is 0 Å². The molecule has 6 heteroatoms. The van der Waals surface area contributed by atoms with Crippen molar-refractivity contribution in [3.63, 3.8) is 0 Å². The summed E-state index contributed by atoms with van der Waals surface area (Å²) in [5.74, 6) is 0.721. The first-order chi connectivity index (χ1) is 14.8. The van der Waals surface area contributed by atoms with Gasteiger partial charge in [-0.15, -0.1) is 4.68 Å². The molecule has 0 N–H and O–H groups in total. The van der Waals surface area contributed by atoms with Crippen molar-refractivity contribution >= 4 is 32.7 Å². The molecule has 0 radical (unpaired) electrons. The number of hydrogen-bond acceptors (Lipinski definition) is 5. The molecule has 6 aromatic rings. The van der Waals surface area contributed by atoms with Crippen molar-refractivity contribution in [2.75, 3.05) is 0 Å². The van der Waals surface area contributed by atoms with Gasteiger partial charge < -0.3 is 0 Å². The number of fused-ring (bicyclic) bond motifs is 3. The smallest absolute Gasteiger partial charge is 0.256 e. The Balaban J connectivity index is 1.46. The second kappa shape index (κ2) is 6.63. The van der Waals surface area contributed by atoms with Gasteiger partial charge in [-0.3, -0.25) is 9.97 Å². The van der Waals surface area contributed by atoms with Gasteiger partial charge in [-0.25, -0.2) is 4.98 Å². The van der Waals surface area contributed by atoms with Crippen LogP contribution < -0.4 is 4.68 Å². The van der Waals surface area contributed by atoms with Gasteiger partial charge in [0.15, 0.2) is 0 Å². The van der Waals surface area contributed by atoms with E-state index in [-0.39, 0.29) is 0 Å². The van der Waals surface area contributed by atoms with E-state index in [9.17, 15) is 0 Å². The molecule has 0 saturated carbocycles. The molecule has 0 fully saturated rings. The van der Waals surface area contributed by atoms with E-state index in [2.05, 4.69) is 26.1 Å². The highest BCUT2D eigenvalue weighted by Gasteiger charge is 2.13. The fraction of sp³-hybridized carbons (Fsp3) is 0. The summed E-state index contributed by atoms with van der Waals surface area (Å²) < 4.78 is 1.77. The number of para-hydroxylation sites is 2. The topological polar surface area (TPSA) is 68.3 Å². The fourth-order valence-corrected chi connectivity index (χ4v) is 3.55. The van der Waals surface area contributed by atoms with Crippen molar-refractivity contribution in [3.05, 3.63) is 91.6 Å². The van der Waals surface area contributed by atoms with Gasteiger partial charge in [0.25, 0.3) is 0 Å². The van der Waals surface area contributed by atoms with E-state index in [4.69, 9.17) is 4.98 Å². The van der Waals surface area contributed by atoms with Crippen LogP contribution in [0.5, 0.6) is 0 Å². The Bertz CT molecular complexity index is 1450. The van der Waals surface area contributed by atoms with Crippen LogP contribution in [-0.2, 0) is 0 Å². The Kier molecular flexibility index (Phi) is 3.67. The first-order valence-corrected chi connectivity index (χ1v) is 9.59. The molecule has 0 aliphatic heterocycles. The van der Waals surface area contributed by atoms with E-state index < -0.39 is 0 Å². The van der Waals surface area contributed by atoms with E-state index in [0.29, 0.717) is 0 Å². The Morgan fingerprint density at radius 3 is 2.53 bits per heavy atom. The Morgan fingerprint density at radius 1 is 0.633 bits per heavy atom. The summed E-state index contributed by atoms with van der Waals surface area (Å²) in [6.45, 7) is 0. The highest BCUT2D eigenvalue weighted by atomic mass is 15.3. The molecule has 0 bridgehead atoms. The number of aromatic nitrogens is 6. The van der Waals surface area contributed by atoms with E-state index in [1.807, 2.05) is 79.4 Å². The third kappa shape index (κ3) is 2.82. The normalized spacial score (nSPS) is 11.3. The molecule has 0 unspecified atom stereocenters. The highest BCUT2D eigenvalue weighted by molar-refractivity contribution is 5.86. The highest BCUT2D eigenvalue weighted by Crippen LogP contribution is 2.23.